The van der Waals surface area contributed by atoms with Crippen molar-refractivity contribution < 1.29 is 14.9 Å². The van der Waals surface area contributed by atoms with E-state index in [0.717, 1.165) is 13.0 Å². The lowest BCUT2D eigenvalue weighted by molar-refractivity contribution is -0.232. The van der Waals surface area contributed by atoms with Crippen molar-refractivity contribution in [2.45, 2.75) is 51.4 Å². The van der Waals surface area contributed by atoms with Crippen molar-refractivity contribution >= 4 is 0 Å². The molecule has 0 spiro atoms. The first-order chi connectivity index (χ1) is 8.97. The van der Waals surface area contributed by atoms with E-state index in [1.807, 2.05) is 14.0 Å². The first-order valence-electron chi connectivity index (χ1n) is 6.74. The molecule has 3 unspecified atom stereocenters. The van der Waals surface area contributed by atoms with Crippen LogP contribution in [0.15, 0.2) is 24.3 Å². The molecule has 106 valence electrons. The predicted molar refractivity (Wildman–Crippen MR) is 73.6 cm³/mol. The first kappa shape index (κ1) is 14.5. The molecule has 1 aromatic carbocycles. The Morgan fingerprint density at radius 1 is 1.26 bits per heavy atom. The molecule has 4 heteroatoms. The highest BCUT2D eigenvalue weighted by Gasteiger charge is 2.36. The molecule has 4 atom stereocenters. The Hall–Kier alpha value is -0.940. The van der Waals surface area contributed by atoms with Gasteiger partial charge in [0, 0.05) is 12.6 Å². The van der Waals surface area contributed by atoms with Crippen LogP contribution in [-0.4, -0.2) is 46.7 Å². The number of aliphatic hydroxyl groups is 2. The van der Waals surface area contributed by atoms with Crippen LogP contribution in [0.2, 0.25) is 0 Å². The number of rotatable bonds is 3. The van der Waals surface area contributed by atoms with E-state index in [4.69, 9.17) is 4.74 Å². The zero-order valence-electron chi connectivity index (χ0n) is 11.8. The molecule has 0 radical (unpaired) electrons. The highest BCUT2D eigenvalue weighted by Crippen LogP contribution is 2.23. The Bertz CT molecular complexity index is 406. The van der Waals surface area contributed by atoms with Crippen LogP contribution in [0.3, 0.4) is 0 Å². The van der Waals surface area contributed by atoms with Crippen molar-refractivity contribution in [2.75, 3.05) is 7.05 Å². The third-order valence-corrected chi connectivity index (χ3v) is 3.75. The second-order valence-corrected chi connectivity index (χ2v) is 5.53. The Morgan fingerprint density at radius 3 is 2.53 bits per heavy atom. The van der Waals surface area contributed by atoms with Crippen molar-refractivity contribution in [3.05, 3.63) is 35.4 Å². The van der Waals surface area contributed by atoms with E-state index in [1.165, 1.54) is 11.1 Å². The molecule has 2 rings (SSSR count). The Kier molecular flexibility index (Phi) is 4.58. The van der Waals surface area contributed by atoms with E-state index in [-0.39, 0.29) is 12.1 Å². The summed E-state index contributed by atoms with van der Waals surface area (Å²) in [6, 6.07) is 8.27. The number of aryl methyl sites for hydroxylation is 1. The van der Waals surface area contributed by atoms with Gasteiger partial charge in [-0.05, 0) is 32.9 Å². The third-order valence-electron chi connectivity index (χ3n) is 3.75. The molecule has 0 amide bonds. The highest BCUT2D eigenvalue weighted by atomic mass is 16.6. The zero-order chi connectivity index (χ0) is 14.0. The monoisotopic (exact) mass is 265 g/mol. The van der Waals surface area contributed by atoms with Gasteiger partial charge in [0.05, 0.1) is 6.10 Å². The van der Waals surface area contributed by atoms with Crippen molar-refractivity contribution in [2.24, 2.45) is 0 Å². The lowest BCUT2D eigenvalue weighted by Gasteiger charge is -2.40. The lowest BCUT2D eigenvalue weighted by atomic mass is 9.98. The fourth-order valence-electron chi connectivity index (χ4n) is 2.58. The average Bonchev–Trinajstić information content (AvgIpc) is 2.36. The fraction of sp³-hybridized carbons (Fsp3) is 0.600. The summed E-state index contributed by atoms with van der Waals surface area (Å²) < 4.78 is 5.22. The van der Waals surface area contributed by atoms with Crippen LogP contribution < -0.4 is 0 Å². The fourth-order valence-corrected chi connectivity index (χ4v) is 2.58. The maximum Gasteiger partial charge on any atom is 0.182 e. The molecule has 19 heavy (non-hydrogen) atoms. The van der Waals surface area contributed by atoms with Gasteiger partial charge in [-0.25, -0.2) is 0 Å². The second kappa shape index (κ2) is 6.01. The van der Waals surface area contributed by atoms with E-state index >= 15 is 0 Å². The molecule has 0 saturated carbocycles. The van der Waals surface area contributed by atoms with E-state index in [1.54, 1.807) is 0 Å². The van der Waals surface area contributed by atoms with Crippen molar-refractivity contribution in [3.8, 4) is 0 Å². The standard InChI is InChI=1S/C15H23NO3/c1-10-4-6-12(7-5-10)9-16(3)13-8-11(2)19-15(18)14(13)17/h4-7,11,13-15,17-18H,8-9H2,1-3H3/t11?,13?,14?,15-/m1/s1. The van der Waals surface area contributed by atoms with Gasteiger partial charge in [0.15, 0.2) is 6.29 Å². The number of likely N-dealkylation sites (N-methyl/N-ethyl adjacent to an activating group) is 1. The van der Waals surface area contributed by atoms with Crippen molar-refractivity contribution in [1.29, 1.82) is 0 Å². The van der Waals surface area contributed by atoms with Crippen LogP contribution >= 0.6 is 0 Å². The molecular formula is C15H23NO3. The van der Waals surface area contributed by atoms with Crippen LogP contribution in [0.1, 0.15) is 24.5 Å². The van der Waals surface area contributed by atoms with Crippen LogP contribution in [0, 0.1) is 6.92 Å². The SMILES string of the molecule is Cc1ccc(CN(C)C2CC(C)O[C@@H](O)C2O)cc1. The van der Waals surface area contributed by atoms with Gasteiger partial charge in [-0.3, -0.25) is 4.90 Å². The molecular weight excluding hydrogens is 242 g/mol. The molecule has 0 aromatic heterocycles. The summed E-state index contributed by atoms with van der Waals surface area (Å²) in [6.45, 7) is 4.73. The molecule has 4 nitrogen and oxygen atoms in total. The van der Waals surface area contributed by atoms with Gasteiger partial charge >= 0.3 is 0 Å². The van der Waals surface area contributed by atoms with E-state index in [0.29, 0.717) is 0 Å². The summed E-state index contributed by atoms with van der Waals surface area (Å²) in [5, 5.41) is 19.7. The minimum atomic E-state index is -1.09. The molecule has 1 aromatic rings. The number of aliphatic hydroxyl groups excluding tert-OH is 2. The Labute approximate surface area is 114 Å². The average molecular weight is 265 g/mol. The van der Waals surface area contributed by atoms with E-state index in [2.05, 4.69) is 36.1 Å². The van der Waals surface area contributed by atoms with Gasteiger partial charge in [-0.1, -0.05) is 29.8 Å². The summed E-state index contributed by atoms with van der Waals surface area (Å²) in [4.78, 5) is 2.08. The summed E-state index contributed by atoms with van der Waals surface area (Å²) in [5.41, 5.74) is 2.44. The van der Waals surface area contributed by atoms with Crippen LogP contribution in [0.25, 0.3) is 0 Å². The summed E-state index contributed by atoms with van der Waals surface area (Å²) in [6.07, 6.45) is -1.26. The zero-order valence-corrected chi connectivity index (χ0v) is 11.8. The van der Waals surface area contributed by atoms with E-state index < -0.39 is 12.4 Å². The molecule has 1 saturated heterocycles. The molecule has 2 N–H and O–H groups in total. The van der Waals surface area contributed by atoms with Gasteiger partial charge in [0.1, 0.15) is 6.10 Å². The minimum Gasteiger partial charge on any atom is -0.386 e. The molecule has 1 heterocycles. The molecule has 1 aliphatic rings. The second-order valence-electron chi connectivity index (χ2n) is 5.53. The van der Waals surface area contributed by atoms with Gasteiger partial charge in [-0.15, -0.1) is 0 Å². The van der Waals surface area contributed by atoms with Crippen LogP contribution in [0.4, 0.5) is 0 Å². The minimum absolute atomic E-state index is 0.0381. The summed E-state index contributed by atoms with van der Waals surface area (Å²) in [5.74, 6) is 0. The van der Waals surface area contributed by atoms with Crippen molar-refractivity contribution in [3.63, 3.8) is 0 Å². The quantitative estimate of drug-likeness (QED) is 0.864. The molecule has 0 bridgehead atoms. The van der Waals surface area contributed by atoms with Crippen LogP contribution in [0.5, 0.6) is 0 Å². The number of ether oxygens (including phenoxy) is 1. The maximum atomic E-state index is 10.0. The van der Waals surface area contributed by atoms with E-state index in [9.17, 15) is 10.2 Å². The molecule has 1 fully saturated rings. The number of benzene rings is 1. The number of hydrogen-bond acceptors (Lipinski definition) is 4. The van der Waals surface area contributed by atoms with Gasteiger partial charge in [0.25, 0.3) is 0 Å². The lowest BCUT2D eigenvalue weighted by Crippen LogP contribution is -2.53. The topological polar surface area (TPSA) is 52.9 Å². The smallest absolute Gasteiger partial charge is 0.182 e. The van der Waals surface area contributed by atoms with Gasteiger partial charge < -0.3 is 14.9 Å². The highest BCUT2D eigenvalue weighted by molar-refractivity contribution is 5.21. The van der Waals surface area contributed by atoms with Gasteiger partial charge in [-0.2, -0.15) is 0 Å². The van der Waals surface area contributed by atoms with Crippen molar-refractivity contribution in [1.82, 2.24) is 4.90 Å². The normalized spacial score (nSPS) is 31.7. The molecule has 1 aliphatic heterocycles. The predicted octanol–water partition coefficient (Wildman–Crippen LogP) is 1.28. The summed E-state index contributed by atoms with van der Waals surface area (Å²) >= 11 is 0. The number of nitrogens with zero attached hydrogens (tertiary/aromatic N) is 1. The number of hydrogen-bond donors (Lipinski definition) is 2. The first-order valence-corrected chi connectivity index (χ1v) is 6.74. The largest absolute Gasteiger partial charge is 0.386 e. The molecule has 0 aliphatic carbocycles. The van der Waals surface area contributed by atoms with Gasteiger partial charge in [0.2, 0.25) is 0 Å². The van der Waals surface area contributed by atoms with Crippen LogP contribution in [-0.2, 0) is 11.3 Å². The third kappa shape index (κ3) is 3.54. The Morgan fingerprint density at radius 2 is 1.89 bits per heavy atom. The Balaban J connectivity index is 2.02. The summed E-state index contributed by atoms with van der Waals surface area (Å²) in [7, 11) is 1.97. The maximum absolute atomic E-state index is 10.0.